The Labute approximate surface area is 108 Å². The highest BCUT2D eigenvalue weighted by atomic mass is 15.2. The Hall–Kier alpha value is -1.42. The smallest absolute Gasteiger partial charge is 0.0429 e. The Morgan fingerprint density at radius 2 is 1.50 bits per heavy atom. The number of nitrogens with two attached hydrogens (primary N) is 1. The second kappa shape index (κ2) is 13.6. The molecule has 7 heteroatoms. The van der Waals surface area contributed by atoms with Gasteiger partial charge in [0, 0.05) is 22.4 Å². The van der Waals surface area contributed by atoms with Gasteiger partial charge in [-0.2, -0.15) is 0 Å². The van der Waals surface area contributed by atoms with Crippen LogP contribution in [0.5, 0.6) is 0 Å². The summed E-state index contributed by atoms with van der Waals surface area (Å²) in [6.45, 7) is 1.05. The van der Waals surface area contributed by atoms with Crippen molar-refractivity contribution in [1.29, 1.82) is 0 Å². The molecule has 1 atom stereocenters. The maximum Gasteiger partial charge on any atom is 0.0429 e. The van der Waals surface area contributed by atoms with Gasteiger partial charge in [-0.05, 0) is 30.4 Å². The minimum atomic E-state index is -0.192. The summed E-state index contributed by atoms with van der Waals surface area (Å²) in [4.78, 5) is 5.44. The highest BCUT2D eigenvalue weighted by Crippen LogP contribution is 2.11. The van der Waals surface area contributed by atoms with Crippen LogP contribution < -0.4 is 5.73 Å². The van der Waals surface area contributed by atoms with Crippen LogP contribution in [0.1, 0.15) is 51.4 Å². The SMILES string of the molecule is [N-]=[N+]=NCC(CCCCCCCCCN)N=[N+]=[N-]. The van der Waals surface area contributed by atoms with Crippen molar-refractivity contribution in [2.45, 2.75) is 57.4 Å². The van der Waals surface area contributed by atoms with Crippen LogP contribution >= 0.6 is 0 Å². The molecule has 0 heterocycles. The molecule has 0 rings (SSSR count). The highest BCUT2D eigenvalue weighted by Gasteiger charge is 2.04. The molecule has 7 nitrogen and oxygen atoms in total. The topological polar surface area (TPSA) is 124 Å². The lowest BCUT2D eigenvalue weighted by Crippen LogP contribution is -2.07. The fourth-order valence-electron chi connectivity index (χ4n) is 1.80. The first-order valence-corrected chi connectivity index (χ1v) is 6.60. The summed E-state index contributed by atoms with van der Waals surface area (Å²) >= 11 is 0. The quantitative estimate of drug-likeness (QED) is 0.239. The zero-order valence-electron chi connectivity index (χ0n) is 10.9. The molecule has 0 amide bonds. The largest absolute Gasteiger partial charge is 0.330 e. The van der Waals surface area contributed by atoms with Crippen molar-refractivity contribution < 1.29 is 0 Å². The fraction of sp³-hybridized carbons (Fsp3) is 1.00. The predicted molar refractivity (Wildman–Crippen MR) is 72.9 cm³/mol. The molecule has 0 radical (unpaired) electrons. The van der Waals surface area contributed by atoms with Crippen LogP contribution in [0.2, 0.25) is 0 Å². The molecule has 0 spiro atoms. The first-order chi connectivity index (χ1) is 8.85. The van der Waals surface area contributed by atoms with Crippen molar-refractivity contribution in [2.75, 3.05) is 13.1 Å². The van der Waals surface area contributed by atoms with Crippen LogP contribution in [0.15, 0.2) is 10.2 Å². The number of hydrogen-bond acceptors (Lipinski definition) is 3. The van der Waals surface area contributed by atoms with E-state index in [0.717, 1.165) is 32.2 Å². The minimum absolute atomic E-state index is 0.192. The number of rotatable bonds is 12. The van der Waals surface area contributed by atoms with Gasteiger partial charge in [-0.15, -0.1) is 0 Å². The molecule has 0 saturated heterocycles. The molecule has 102 valence electrons. The fourth-order valence-corrected chi connectivity index (χ4v) is 1.80. The first-order valence-electron chi connectivity index (χ1n) is 6.60. The number of unbranched alkanes of at least 4 members (excludes halogenated alkanes) is 6. The number of azide groups is 2. The summed E-state index contributed by atoms with van der Waals surface area (Å²) in [5.74, 6) is 0. The summed E-state index contributed by atoms with van der Waals surface area (Å²) < 4.78 is 0. The Morgan fingerprint density at radius 1 is 0.889 bits per heavy atom. The third-order valence-corrected chi connectivity index (χ3v) is 2.81. The standard InChI is InChI=1S/C11H23N7/c12-9-7-5-3-1-2-4-6-8-11(16-18-14)10-15-17-13/h11H,1-10,12H2. The van der Waals surface area contributed by atoms with E-state index in [4.69, 9.17) is 16.8 Å². The van der Waals surface area contributed by atoms with Gasteiger partial charge >= 0.3 is 0 Å². The summed E-state index contributed by atoms with van der Waals surface area (Å²) in [6, 6.07) is -0.192. The third-order valence-electron chi connectivity index (χ3n) is 2.81. The second-order valence-corrected chi connectivity index (χ2v) is 4.32. The van der Waals surface area contributed by atoms with Crippen LogP contribution in [0.4, 0.5) is 0 Å². The van der Waals surface area contributed by atoms with Crippen molar-refractivity contribution in [3.63, 3.8) is 0 Å². The van der Waals surface area contributed by atoms with Crippen LogP contribution in [0, 0.1) is 0 Å². The van der Waals surface area contributed by atoms with Gasteiger partial charge in [-0.3, -0.25) is 0 Å². The van der Waals surface area contributed by atoms with Crippen LogP contribution in [-0.4, -0.2) is 19.1 Å². The van der Waals surface area contributed by atoms with E-state index in [1.807, 2.05) is 0 Å². The average Bonchev–Trinajstić information content (AvgIpc) is 2.39. The zero-order chi connectivity index (χ0) is 13.5. The molecule has 0 aliphatic carbocycles. The molecular formula is C11H23N7. The maximum absolute atomic E-state index is 8.37. The molecule has 1 unspecified atom stereocenters. The van der Waals surface area contributed by atoms with E-state index in [-0.39, 0.29) is 12.6 Å². The van der Waals surface area contributed by atoms with Gasteiger partial charge in [-0.1, -0.05) is 48.8 Å². The van der Waals surface area contributed by atoms with Crippen LogP contribution in [-0.2, 0) is 0 Å². The van der Waals surface area contributed by atoms with Crippen molar-refractivity contribution in [3.05, 3.63) is 20.9 Å². The molecule has 0 aliphatic heterocycles. The van der Waals surface area contributed by atoms with Gasteiger partial charge < -0.3 is 5.73 Å². The van der Waals surface area contributed by atoms with E-state index < -0.39 is 0 Å². The van der Waals surface area contributed by atoms with E-state index in [9.17, 15) is 0 Å². The normalized spacial score (nSPS) is 11.4. The van der Waals surface area contributed by atoms with E-state index >= 15 is 0 Å². The summed E-state index contributed by atoms with van der Waals surface area (Å²) in [5, 5.41) is 7.07. The molecule has 0 aromatic heterocycles. The highest BCUT2D eigenvalue weighted by molar-refractivity contribution is 4.70. The Morgan fingerprint density at radius 3 is 2.06 bits per heavy atom. The molecule has 0 aliphatic rings. The molecule has 0 aromatic rings. The maximum atomic E-state index is 8.37. The van der Waals surface area contributed by atoms with Gasteiger partial charge in [0.05, 0.1) is 0 Å². The van der Waals surface area contributed by atoms with Gasteiger partial charge in [0.15, 0.2) is 0 Å². The van der Waals surface area contributed by atoms with Crippen molar-refractivity contribution in [3.8, 4) is 0 Å². The molecule has 0 fully saturated rings. The van der Waals surface area contributed by atoms with Crippen LogP contribution in [0.3, 0.4) is 0 Å². The number of nitrogens with zero attached hydrogens (tertiary/aromatic N) is 6. The molecule has 0 aromatic carbocycles. The van der Waals surface area contributed by atoms with Crippen LogP contribution in [0.25, 0.3) is 20.9 Å². The van der Waals surface area contributed by atoms with E-state index in [2.05, 4.69) is 20.1 Å². The van der Waals surface area contributed by atoms with Gasteiger partial charge in [-0.25, -0.2) is 0 Å². The zero-order valence-corrected chi connectivity index (χ0v) is 10.9. The molecule has 2 N–H and O–H groups in total. The molecule has 0 bridgehead atoms. The molecule has 0 saturated carbocycles. The average molecular weight is 253 g/mol. The van der Waals surface area contributed by atoms with Gasteiger partial charge in [0.2, 0.25) is 0 Å². The third kappa shape index (κ3) is 11.1. The summed E-state index contributed by atoms with van der Waals surface area (Å²) in [6.07, 6.45) is 8.97. The monoisotopic (exact) mass is 253 g/mol. The Bertz CT molecular complexity index is 279. The van der Waals surface area contributed by atoms with E-state index in [1.54, 1.807) is 0 Å². The van der Waals surface area contributed by atoms with Gasteiger partial charge in [0.25, 0.3) is 0 Å². The minimum Gasteiger partial charge on any atom is -0.330 e. The Balaban J connectivity index is 3.48. The lowest BCUT2D eigenvalue weighted by Gasteiger charge is -2.07. The molecule has 18 heavy (non-hydrogen) atoms. The van der Waals surface area contributed by atoms with Crippen molar-refractivity contribution >= 4 is 0 Å². The predicted octanol–water partition coefficient (Wildman–Crippen LogP) is 4.06. The lowest BCUT2D eigenvalue weighted by molar-refractivity contribution is 0.530. The van der Waals surface area contributed by atoms with E-state index in [1.165, 1.54) is 25.7 Å². The van der Waals surface area contributed by atoms with Crippen molar-refractivity contribution in [2.24, 2.45) is 16.0 Å². The van der Waals surface area contributed by atoms with Crippen molar-refractivity contribution in [1.82, 2.24) is 0 Å². The Kier molecular flexibility index (Phi) is 12.6. The second-order valence-electron chi connectivity index (χ2n) is 4.32. The van der Waals surface area contributed by atoms with Gasteiger partial charge in [0.1, 0.15) is 0 Å². The first kappa shape index (κ1) is 16.6. The van der Waals surface area contributed by atoms with E-state index in [0.29, 0.717) is 0 Å². The number of hydrogen-bond donors (Lipinski definition) is 1. The summed E-state index contributed by atoms with van der Waals surface area (Å²) in [5.41, 5.74) is 22.0. The summed E-state index contributed by atoms with van der Waals surface area (Å²) in [7, 11) is 0. The molecular weight excluding hydrogens is 230 g/mol. The lowest BCUT2D eigenvalue weighted by atomic mass is 10.1.